The molecule has 0 atom stereocenters. The molecule has 0 saturated carbocycles. The largest absolute Gasteiger partial charge is 0.440 e. The quantitative estimate of drug-likeness (QED) is 0.743. The van der Waals surface area contributed by atoms with Crippen LogP contribution in [0, 0.1) is 0 Å². The molecule has 0 spiro atoms. The molecule has 1 aromatic rings. The van der Waals surface area contributed by atoms with Crippen LogP contribution in [0.2, 0.25) is 0 Å². The Morgan fingerprint density at radius 2 is 1.94 bits per heavy atom. The van der Waals surface area contributed by atoms with Crippen molar-refractivity contribution in [1.29, 1.82) is 0 Å². The molecule has 18 heavy (non-hydrogen) atoms. The molecule has 6 nitrogen and oxygen atoms in total. The predicted molar refractivity (Wildman–Crippen MR) is 65.0 cm³/mol. The van der Waals surface area contributed by atoms with E-state index in [4.69, 9.17) is 4.42 Å². The van der Waals surface area contributed by atoms with Crippen molar-refractivity contribution in [3.63, 3.8) is 0 Å². The van der Waals surface area contributed by atoms with Crippen LogP contribution in [0.15, 0.2) is 21.6 Å². The number of aldehydes is 1. The number of hydrogen-bond donors (Lipinski definition) is 0. The van der Waals surface area contributed by atoms with Crippen LogP contribution in [-0.2, 0) is 10.0 Å². The monoisotopic (exact) mass is 272 g/mol. The Kier molecular flexibility index (Phi) is 3.84. The van der Waals surface area contributed by atoms with Crippen LogP contribution < -0.4 is 0 Å². The number of piperazine rings is 1. The summed E-state index contributed by atoms with van der Waals surface area (Å²) in [4.78, 5) is 12.7. The van der Waals surface area contributed by atoms with Gasteiger partial charge in [0.15, 0.2) is 12.0 Å². The summed E-state index contributed by atoms with van der Waals surface area (Å²) < 4.78 is 30.8. The molecule has 1 saturated heterocycles. The smallest absolute Gasteiger partial charge is 0.276 e. The van der Waals surface area contributed by atoms with Crippen molar-refractivity contribution in [3.05, 3.63) is 17.9 Å². The van der Waals surface area contributed by atoms with E-state index in [0.29, 0.717) is 19.4 Å². The topological polar surface area (TPSA) is 70.8 Å². The molecule has 0 amide bonds. The number of furan rings is 1. The van der Waals surface area contributed by atoms with Gasteiger partial charge >= 0.3 is 0 Å². The predicted octanol–water partition coefficient (Wildman–Crippen LogP) is 0.418. The zero-order valence-corrected chi connectivity index (χ0v) is 11.0. The third-order valence-electron chi connectivity index (χ3n) is 3.09. The Morgan fingerprint density at radius 1 is 1.28 bits per heavy atom. The fourth-order valence-corrected chi connectivity index (χ4v) is 3.29. The maximum absolute atomic E-state index is 12.2. The van der Waals surface area contributed by atoms with Crippen LogP contribution in [-0.4, -0.2) is 56.6 Å². The van der Waals surface area contributed by atoms with Crippen LogP contribution in [0.3, 0.4) is 0 Å². The van der Waals surface area contributed by atoms with E-state index in [-0.39, 0.29) is 10.9 Å². The molecule has 100 valence electrons. The van der Waals surface area contributed by atoms with Gasteiger partial charge < -0.3 is 9.32 Å². The summed E-state index contributed by atoms with van der Waals surface area (Å²) in [5.74, 6) is 0.0285. The summed E-state index contributed by atoms with van der Waals surface area (Å²) in [6, 6.07) is 2.69. The molecule has 0 aliphatic carbocycles. The summed E-state index contributed by atoms with van der Waals surface area (Å²) in [6.45, 7) is 5.31. The highest BCUT2D eigenvalue weighted by molar-refractivity contribution is 7.89. The second kappa shape index (κ2) is 5.21. The highest BCUT2D eigenvalue weighted by atomic mass is 32.2. The highest BCUT2D eigenvalue weighted by Crippen LogP contribution is 2.19. The fourth-order valence-electron chi connectivity index (χ4n) is 1.95. The molecule has 0 aromatic carbocycles. The van der Waals surface area contributed by atoms with Crippen LogP contribution in [0.4, 0.5) is 0 Å². The molecule has 7 heteroatoms. The van der Waals surface area contributed by atoms with Crippen molar-refractivity contribution < 1.29 is 17.6 Å². The number of likely N-dealkylation sites (N-methyl/N-ethyl adjacent to an activating group) is 1. The molecule has 0 N–H and O–H groups in total. The van der Waals surface area contributed by atoms with Gasteiger partial charge in [-0.1, -0.05) is 6.92 Å². The summed E-state index contributed by atoms with van der Waals surface area (Å²) in [5.41, 5.74) is 0. The van der Waals surface area contributed by atoms with Gasteiger partial charge in [-0.2, -0.15) is 4.31 Å². The average Bonchev–Trinajstić information content (AvgIpc) is 2.88. The lowest BCUT2D eigenvalue weighted by Crippen LogP contribution is -2.48. The van der Waals surface area contributed by atoms with E-state index in [1.807, 2.05) is 6.92 Å². The van der Waals surface area contributed by atoms with E-state index in [2.05, 4.69) is 4.90 Å². The minimum absolute atomic E-state index is 0.0285. The van der Waals surface area contributed by atoms with Gasteiger partial charge in [0.25, 0.3) is 10.0 Å². The van der Waals surface area contributed by atoms with E-state index < -0.39 is 10.0 Å². The number of hydrogen-bond acceptors (Lipinski definition) is 5. The normalized spacial score (nSPS) is 18.9. The third-order valence-corrected chi connectivity index (χ3v) is 4.86. The summed E-state index contributed by atoms with van der Waals surface area (Å²) >= 11 is 0. The van der Waals surface area contributed by atoms with Crippen molar-refractivity contribution in [2.24, 2.45) is 0 Å². The third kappa shape index (κ3) is 2.47. The average molecular weight is 272 g/mol. The molecule has 1 fully saturated rings. The van der Waals surface area contributed by atoms with Crippen molar-refractivity contribution in [3.8, 4) is 0 Å². The SMILES string of the molecule is CCN1CCN(S(=O)(=O)c2ccc(C=O)o2)CC1. The van der Waals surface area contributed by atoms with Crippen LogP contribution in [0.5, 0.6) is 0 Å². The first kappa shape index (κ1) is 13.3. The lowest BCUT2D eigenvalue weighted by atomic mass is 10.4. The van der Waals surface area contributed by atoms with Gasteiger partial charge in [0, 0.05) is 26.2 Å². The fraction of sp³-hybridized carbons (Fsp3) is 0.545. The summed E-state index contributed by atoms with van der Waals surface area (Å²) in [7, 11) is -3.60. The molecule has 0 radical (unpaired) electrons. The molecule has 1 aromatic heterocycles. The number of carbonyl (C=O) groups excluding carboxylic acids is 1. The van der Waals surface area contributed by atoms with Gasteiger partial charge in [0.2, 0.25) is 5.09 Å². The maximum Gasteiger partial charge on any atom is 0.276 e. The second-order valence-corrected chi connectivity index (χ2v) is 5.98. The second-order valence-electron chi connectivity index (χ2n) is 4.11. The van der Waals surface area contributed by atoms with Crippen molar-refractivity contribution in [1.82, 2.24) is 9.21 Å². The molecular weight excluding hydrogens is 256 g/mol. The minimum atomic E-state index is -3.60. The summed E-state index contributed by atoms with van der Waals surface area (Å²) in [5, 5.41) is -0.158. The number of sulfonamides is 1. The Bertz CT molecular complexity index is 515. The van der Waals surface area contributed by atoms with E-state index in [9.17, 15) is 13.2 Å². The Morgan fingerprint density at radius 3 is 2.44 bits per heavy atom. The molecule has 1 aliphatic heterocycles. The van der Waals surface area contributed by atoms with Crippen LogP contribution >= 0.6 is 0 Å². The Labute approximate surface area is 106 Å². The van der Waals surface area contributed by atoms with Gasteiger partial charge in [0.05, 0.1) is 0 Å². The lowest BCUT2D eigenvalue weighted by molar-refractivity contribution is 0.109. The first-order chi connectivity index (χ1) is 8.57. The molecule has 2 rings (SSSR count). The number of carbonyl (C=O) groups is 1. The zero-order valence-electron chi connectivity index (χ0n) is 10.2. The van der Waals surface area contributed by atoms with Crippen LogP contribution in [0.1, 0.15) is 17.5 Å². The molecule has 0 bridgehead atoms. The molecule has 0 unspecified atom stereocenters. The molecule has 2 heterocycles. The van der Waals surface area contributed by atoms with Crippen LogP contribution in [0.25, 0.3) is 0 Å². The van der Waals surface area contributed by atoms with Crippen molar-refractivity contribution >= 4 is 16.3 Å². The van der Waals surface area contributed by atoms with Gasteiger partial charge in [0.1, 0.15) is 0 Å². The van der Waals surface area contributed by atoms with E-state index in [0.717, 1.165) is 19.6 Å². The van der Waals surface area contributed by atoms with E-state index in [1.54, 1.807) is 0 Å². The zero-order chi connectivity index (χ0) is 13.2. The first-order valence-corrected chi connectivity index (χ1v) is 7.29. The summed E-state index contributed by atoms with van der Waals surface area (Å²) in [6.07, 6.45) is 0.494. The lowest BCUT2D eigenvalue weighted by Gasteiger charge is -2.32. The van der Waals surface area contributed by atoms with E-state index >= 15 is 0 Å². The molecule has 1 aliphatic rings. The van der Waals surface area contributed by atoms with Gasteiger partial charge in [-0.3, -0.25) is 4.79 Å². The maximum atomic E-state index is 12.2. The van der Waals surface area contributed by atoms with Gasteiger partial charge in [-0.05, 0) is 18.7 Å². The Hall–Kier alpha value is -1.18. The van der Waals surface area contributed by atoms with Gasteiger partial charge in [-0.15, -0.1) is 0 Å². The standard InChI is InChI=1S/C11H16N2O4S/c1-2-12-5-7-13(8-6-12)18(15,16)11-4-3-10(9-14)17-11/h3-4,9H,2,5-8H2,1H3. The van der Waals surface area contributed by atoms with Crippen molar-refractivity contribution in [2.75, 3.05) is 32.7 Å². The van der Waals surface area contributed by atoms with Gasteiger partial charge in [-0.25, -0.2) is 8.42 Å². The van der Waals surface area contributed by atoms with E-state index in [1.165, 1.54) is 16.4 Å². The number of rotatable bonds is 4. The molecular formula is C11H16N2O4S. The minimum Gasteiger partial charge on any atom is -0.440 e. The highest BCUT2D eigenvalue weighted by Gasteiger charge is 2.30. The Balaban J connectivity index is 2.14. The first-order valence-electron chi connectivity index (χ1n) is 5.85. The van der Waals surface area contributed by atoms with Crippen molar-refractivity contribution in [2.45, 2.75) is 12.0 Å². The number of nitrogens with zero attached hydrogens (tertiary/aromatic N) is 2.